The molecule has 3 atom stereocenters. The molecule has 2 aliphatic rings. The van der Waals surface area contributed by atoms with Crippen molar-refractivity contribution in [1.82, 2.24) is 20.2 Å². The highest BCUT2D eigenvalue weighted by atomic mass is 35.5. The first-order valence-electron chi connectivity index (χ1n) is 13.5. The van der Waals surface area contributed by atoms with Crippen molar-refractivity contribution in [2.24, 2.45) is 5.92 Å². The molecule has 2 saturated heterocycles. The van der Waals surface area contributed by atoms with Crippen LogP contribution in [-0.4, -0.2) is 72.4 Å². The van der Waals surface area contributed by atoms with Gasteiger partial charge in [0, 0.05) is 48.6 Å². The molecule has 7 nitrogen and oxygen atoms in total. The molecule has 2 aliphatic heterocycles. The lowest BCUT2D eigenvalue weighted by atomic mass is 9.96. The smallest absolute Gasteiger partial charge is 0.319 e. The summed E-state index contributed by atoms with van der Waals surface area (Å²) in [7, 11) is 4.04. The van der Waals surface area contributed by atoms with Crippen molar-refractivity contribution in [2.75, 3.05) is 45.2 Å². The zero-order valence-corrected chi connectivity index (χ0v) is 23.2. The largest absolute Gasteiger partial charge is 0.508 e. The highest BCUT2D eigenvalue weighted by Crippen LogP contribution is 2.42. The van der Waals surface area contributed by atoms with Gasteiger partial charge in [-0.25, -0.2) is 4.39 Å². The van der Waals surface area contributed by atoms with Gasteiger partial charge in [0.15, 0.2) is 5.82 Å². The monoisotopic (exact) mass is 549 g/mol. The van der Waals surface area contributed by atoms with Crippen molar-refractivity contribution in [3.8, 4) is 22.9 Å². The average molecular weight is 550 g/mol. The third-order valence-electron chi connectivity index (χ3n) is 7.65. The van der Waals surface area contributed by atoms with Crippen LogP contribution in [0.2, 0.25) is 5.02 Å². The number of rotatable bonds is 7. The number of phenolic OH excluding ortho intramolecular Hbond substituents is 1. The van der Waals surface area contributed by atoms with E-state index in [1.807, 2.05) is 38.4 Å². The Labute approximate surface area is 232 Å². The molecule has 0 amide bonds. The van der Waals surface area contributed by atoms with Crippen molar-refractivity contribution >= 4 is 39.1 Å². The molecule has 204 valence electrons. The second kappa shape index (κ2) is 10.4. The number of nitrogens with one attached hydrogen (secondary N) is 1. The minimum Gasteiger partial charge on any atom is -0.508 e. The fourth-order valence-electron chi connectivity index (χ4n) is 6.08. The maximum absolute atomic E-state index is 16.6. The molecule has 0 spiro atoms. The van der Waals surface area contributed by atoms with Crippen LogP contribution in [0.4, 0.5) is 10.2 Å². The van der Waals surface area contributed by atoms with Crippen LogP contribution in [0.5, 0.6) is 11.8 Å². The Hall–Kier alpha value is -3.20. The van der Waals surface area contributed by atoms with Gasteiger partial charge in [0.1, 0.15) is 17.1 Å². The number of hydrogen-bond donors (Lipinski definition) is 2. The zero-order chi connectivity index (χ0) is 27.3. The summed E-state index contributed by atoms with van der Waals surface area (Å²) in [5.74, 6) is 0.364. The van der Waals surface area contributed by atoms with Crippen molar-refractivity contribution < 1.29 is 14.2 Å². The maximum Gasteiger partial charge on any atom is 0.319 e. The Balaban J connectivity index is 1.51. The zero-order valence-electron chi connectivity index (χ0n) is 22.4. The fraction of sp³-hybridized carbons (Fsp3) is 0.400. The van der Waals surface area contributed by atoms with Crippen LogP contribution < -0.4 is 15.0 Å². The number of nitrogens with zero attached hydrogens (tertiary/aromatic N) is 4. The Morgan fingerprint density at radius 2 is 1.87 bits per heavy atom. The average Bonchev–Trinajstić information content (AvgIpc) is 3.24. The van der Waals surface area contributed by atoms with E-state index in [4.69, 9.17) is 21.3 Å². The molecule has 6 rings (SSSR count). The molecule has 2 fully saturated rings. The number of hydrogen-bond acceptors (Lipinski definition) is 7. The van der Waals surface area contributed by atoms with Crippen LogP contribution in [-0.2, 0) is 0 Å². The Bertz CT molecular complexity index is 1540. The molecule has 2 bridgehead atoms. The summed E-state index contributed by atoms with van der Waals surface area (Å²) in [5.41, 5.74) is 0.874. The van der Waals surface area contributed by atoms with Gasteiger partial charge in [0.05, 0.1) is 11.6 Å². The molecule has 2 unspecified atom stereocenters. The van der Waals surface area contributed by atoms with E-state index in [9.17, 15) is 5.11 Å². The van der Waals surface area contributed by atoms with E-state index in [-0.39, 0.29) is 33.8 Å². The Morgan fingerprint density at radius 3 is 2.62 bits per heavy atom. The van der Waals surface area contributed by atoms with E-state index in [2.05, 4.69) is 27.0 Å². The number of piperazine rings is 1. The van der Waals surface area contributed by atoms with Crippen LogP contribution in [0.1, 0.15) is 19.8 Å². The van der Waals surface area contributed by atoms with Crippen molar-refractivity contribution in [1.29, 1.82) is 0 Å². The highest BCUT2D eigenvalue weighted by Gasteiger charge is 2.34. The molecule has 2 N–H and O–H groups in total. The molecule has 1 aromatic heterocycles. The first-order valence-corrected chi connectivity index (χ1v) is 13.8. The molecule has 39 heavy (non-hydrogen) atoms. The van der Waals surface area contributed by atoms with E-state index >= 15 is 4.39 Å². The second-order valence-electron chi connectivity index (χ2n) is 11.2. The van der Waals surface area contributed by atoms with Crippen LogP contribution in [0.3, 0.4) is 0 Å². The van der Waals surface area contributed by atoms with Gasteiger partial charge >= 0.3 is 6.01 Å². The fourth-order valence-corrected chi connectivity index (χ4v) is 6.37. The van der Waals surface area contributed by atoms with E-state index in [1.165, 1.54) is 0 Å². The van der Waals surface area contributed by atoms with Gasteiger partial charge in [-0.05, 0) is 61.5 Å². The summed E-state index contributed by atoms with van der Waals surface area (Å²) in [4.78, 5) is 13.7. The summed E-state index contributed by atoms with van der Waals surface area (Å²) < 4.78 is 22.7. The van der Waals surface area contributed by atoms with Gasteiger partial charge in [-0.3, -0.25) is 0 Å². The van der Waals surface area contributed by atoms with Crippen LogP contribution >= 0.6 is 11.6 Å². The second-order valence-corrected chi connectivity index (χ2v) is 11.6. The maximum atomic E-state index is 16.6. The first-order chi connectivity index (χ1) is 18.8. The molecule has 0 aliphatic carbocycles. The first kappa shape index (κ1) is 26.0. The number of phenols is 1. The van der Waals surface area contributed by atoms with E-state index in [0.29, 0.717) is 35.5 Å². The molecule has 0 radical (unpaired) electrons. The third-order valence-corrected chi connectivity index (χ3v) is 7.95. The SMILES string of the molecule is C[C@H](COc1nc(N2CC3CCC(C2)N3)c2cc(Cl)c(-c3cc(O)cc4ccccc34)c(F)c2n1)CN(C)C. The number of aromatic hydroxyl groups is 1. The normalized spacial score (nSPS) is 19.8. The lowest BCUT2D eigenvalue weighted by molar-refractivity contribution is 0.210. The summed E-state index contributed by atoms with van der Waals surface area (Å²) in [6, 6.07) is 13.4. The minimum absolute atomic E-state index is 0.0397. The molecule has 0 saturated carbocycles. The summed E-state index contributed by atoms with van der Waals surface area (Å²) in [6.07, 6.45) is 2.22. The lowest BCUT2D eigenvalue weighted by Gasteiger charge is -2.34. The van der Waals surface area contributed by atoms with E-state index in [0.717, 1.165) is 43.2 Å². The molecular formula is C30H33ClFN5O2. The number of aromatic nitrogens is 2. The minimum atomic E-state index is -0.554. The van der Waals surface area contributed by atoms with Crippen molar-refractivity contribution in [3.63, 3.8) is 0 Å². The third kappa shape index (κ3) is 5.09. The van der Waals surface area contributed by atoms with Crippen molar-refractivity contribution in [3.05, 3.63) is 53.3 Å². The Morgan fingerprint density at radius 1 is 1.13 bits per heavy atom. The van der Waals surface area contributed by atoms with Crippen molar-refractivity contribution in [2.45, 2.75) is 31.8 Å². The summed E-state index contributed by atoms with van der Waals surface area (Å²) in [6.45, 7) is 4.91. The number of halogens is 2. The van der Waals surface area contributed by atoms with Gasteiger partial charge in [-0.1, -0.05) is 42.8 Å². The lowest BCUT2D eigenvalue weighted by Crippen LogP contribution is -2.51. The topological polar surface area (TPSA) is 73.8 Å². The number of ether oxygens (including phenoxy) is 1. The molecular weight excluding hydrogens is 517 g/mol. The van der Waals surface area contributed by atoms with Crippen LogP contribution in [0.15, 0.2) is 42.5 Å². The quantitative estimate of drug-likeness (QED) is 0.317. The molecule has 9 heteroatoms. The van der Waals surface area contributed by atoms with Gasteiger partial charge in [0.25, 0.3) is 0 Å². The van der Waals surface area contributed by atoms with Gasteiger partial charge < -0.3 is 25.0 Å². The van der Waals surface area contributed by atoms with Gasteiger partial charge in [-0.2, -0.15) is 9.97 Å². The number of fused-ring (bicyclic) bond motifs is 4. The molecule has 4 aromatic rings. The number of benzene rings is 3. The van der Waals surface area contributed by atoms with Crippen LogP contribution in [0.25, 0.3) is 32.8 Å². The molecule has 3 aromatic carbocycles. The summed E-state index contributed by atoms with van der Waals surface area (Å²) >= 11 is 6.82. The van der Waals surface area contributed by atoms with Crippen LogP contribution in [0, 0.1) is 11.7 Å². The highest BCUT2D eigenvalue weighted by molar-refractivity contribution is 6.35. The standard InChI is InChI=1S/C30H33ClFN5O2/c1-17(13-36(2)3)16-39-30-34-28-24(29(35-30)37-14-19-8-9-20(15-37)33-19)12-25(31)26(27(28)32)23-11-21(38)10-18-6-4-5-7-22(18)23/h4-7,10-12,17,19-20,33,38H,8-9,13-16H2,1-3H3/t17-,19?,20?/m0/s1. The van der Waals surface area contributed by atoms with E-state index < -0.39 is 5.82 Å². The summed E-state index contributed by atoms with van der Waals surface area (Å²) in [5, 5.41) is 16.5. The van der Waals surface area contributed by atoms with Gasteiger partial charge in [0.2, 0.25) is 0 Å². The van der Waals surface area contributed by atoms with E-state index in [1.54, 1.807) is 18.2 Å². The predicted octanol–water partition coefficient (Wildman–Crippen LogP) is 5.47. The Kier molecular flexibility index (Phi) is 6.95. The molecule has 3 heterocycles. The van der Waals surface area contributed by atoms with Gasteiger partial charge in [-0.15, -0.1) is 0 Å². The number of anilines is 1. The predicted molar refractivity (Wildman–Crippen MR) is 154 cm³/mol.